The van der Waals surface area contributed by atoms with Crippen molar-refractivity contribution in [2.24, 2.45) is 17.3 Å². The topological polar surface area (TPSA) is 76.0 Å². The van der Waals surface area contributed by atoms with E-state index in [9.17, 15) is 120 Å². The fourth-order valence-corrected chi connectivity index (χ4v) is 5.11. The summed E-state index contributed by atoms with van der Waals surface area (Å²) in [6.07, 6.45) is -51.9. The van der Waals surface area contributed by atoms with Gasteiger partial charge in [-0.3, -0.25) is 4.79 Å². The number of hydrogen-bond acceptors (Lipinski definition) is 5. The van der Waals surface area contributed by atoms with E-state index in [-0.39, 0.29) is 6.92 Å². The van der Waals surface area contributed by atoms with Crippen LogP contribution in [0.4, 0.5) is 105 Å². The lowest BCUT2D eigenvalue weighted by Gasteiger charge is -2.48. The molecule has 57 heavy (non-hydrogen) atoms. The lowest BCUT2D eigenvalue weighted by Crippen LogP contribution is -2.67. The first-order valence-electron chi connectivity index (χ1n) is 15.5. The molecule has 1 saturated carbocycles. The second-order valence-corrected chi connectivity index (χ2v) is 13.0. The van der Waals surface area contributed by atoms with Gasteiger partial charge in [-0.15, -0.1) is 0 Å². The molecule has 1 rings (SSSR count). The third-order valence-corrected chi connectivity index (χ3v) is 9.23. The van der Waals surface area contributed by atoms with E-state index in [1.807, 2.05) is 0 Å². The van der Waals surface area contributed by atoms with Gasteiger partial charge in [0.25, 0.3) is 11.2 Å². The van der Waals surface area contributed by atoms with Crippen molar-refractivity contribution < 1.29 is 130 Å². The van der Waals surface area contributed by atoms with Crippen molar-refractivity contribution in [3.05, 3.63) is 0 Å². The molecule has 4 atom stereocenters. The minimum absolute atomic E-state index is 0.163. The Morgan fingerprint density at radius 3 is 1.19 bits per heavy atom. The molecule has 29 heteroatoms. The smallest absolute Gasteiger partial charge is 0.460 e. The van der Waals surface area contributed by atoms with Crippen LogP contribution in [0.1, 0.15) is 66.2 Å². The molecule has 0 aromatic carbocycles. The molecule has 2 N–H and O–H groups in total. The van der Waals surface area contributed by atoms with Gasteiger partial charge in [-0.1, -0.05) is 13.8 Å². The highest BCUT2D eigenvalue weighted by molar-refractivity contribution is 5.77. The molecule has 0 bridgehead atoms. The second-order valence-electron chi connectivity index (χ2n) is 13.0. The maximum Gasteiger partial charge on any atom is 0.460 e. The molecule has 0 radical (unpaired) electrons. The average Bonchev–Trinajstić information content (AvgIpc) is 2.99. The van der Waals surface area contributed by atoms with Crippen LogP contribution in [0.15, 0.2) is 0 Å². The van der Waals surface area contributed by atoms with Gasteiger partial charge in [0, 0.05) is 18.3 Å². The first-order chi connectivity index (χ1) is 24.7. The van der Waals surface area contributed by atoms with Gasteiger partial charge in [-0.2, -0.15) is 105 Å². The maximum atomic E-state index is 13.3. The third-order valence-electron chi connectivity index (χ3n) is 9.23. The van der Waals surface area contributed by atoms with Gasteiger partial charge in [-0.05, 0) is 46.0 Å². The standard InChI is InChI=1S/C18H19F15O4.C10H13F9O/c1-3-11(2,14(19,20)21)10(34)37-9-5-7(12(35,15(22,23)24)16(25,26)27)4-8(6-9)13(36,17(28,29)30)18(31,32)33;1-3-6(2)20-5-4-7(11,12)8(13,14)9(15,16)10(17,18)19/h7-9,35-36H,3-6H2,1-2H3;6H,3-5H2,1-2H3. The Morgan fingerprint density at radius 2 is 0.930 bits per heavy atom. The van der Waals surface area contributed by atoms with Crippen molar-refractivity contribution >= 4 is 5.97 Å². The number of aliphatic hydroxyl groups is 2. The Kier molecular flexibility index (Phi) is 16.3. The molecule has 0 amide bonds. The van der Waals surface area contributed by atoms with E-state index in [1.54, 1.807) is 6.92 Å². The van der Waals surface area contributed by atoms with Crippen molar-refractivity contribution in [1.82, 2.24) is 0 Å². The van der Waals surface area contributed by atoms with Crippen molar-refractivity contribution in [1.29, 1.82) is 0 Å². The highest BCUT2D eigenvalue weighted by Crippen LogP contribution is 2.59. The lowest BCUT2D eigenvalue weighted by atomic mass is 9.65. The van der Waals surface area contributed by atoms with Crippen molar-refractivity contribution in [3.63, 3.8) is 0 Å². The normalized spacial score (nSPS) is 22.0. The van der Waals surface area contributed by atoms with Crippen molar-refractivity contribution in [2.75, 3.05) is 6.61 Å². The van der Waals surface area contributed by atoms with Crippen LogP contribution < -0.4 is 0 Å². The molecule has 0 aromatic rings. The van der Waals surface area contributed by atoms with E-state index in [4.69, 9.17) is 0 Å². The molecule has 0 aromatic heterocycles. The zero-order chi connectivity index (χ0) is 46.3. The van der Waals surface area contributed by atoms with Gasteiger partial charge in [-0.25, -0.2) is 0 Å². The van der Waals surface area contributed by atoms with Gasteiger partial charge in [0.15, 0.2) is 5.41 Å². The third kappa shape index (κ3) is 10.7. The summed E-state index contributed by atoms with van der Waals surface area (Å²) < 4.78 is 320. The molecule has 1 aliphatic rings. The van der Waals surface area contributed by atoms with Crippen LogP contribution in [-0.2, 0) is 14.3 Å². The summed E-state index contributed by atoms with van der Waals surface area (Å²) in [4.78, 5) is 12.2. The van der Waals surface area contributed by atoms with Crippen LogP contribution in [0.5, 0.6) is 0 Å². The van der Waals surface area contributed by atoms with Crippen LogP contribution in [-0.4, -0.2) is 101 Å². The molecule has 5 nitrogen and oxygen atoms in total. The molecular formula is C28H32F24O5. The summed E-state index contributed by atoms with van der Waals surface area (Å²) in [7, 11) is 0. The summed E-state index contributed by atoms with van der Waals surface area (Å²) in [6, 6.07) is 0. The number of hydrogen-bond donors (Lipinski definition) is 2. The number of carbonyl (C=O) groups excluding carboxylic acids is 1. The summed E-state index contributed by atoms with van der Waals surface area (Å²) in [5, 5.41) is 19.1. The van der Waals surface area contributed by atoms with Crippen molar-refractivity contribution in [2.45, 2.75) is 144 Å². The quantitative estimate of drug-likeness (QED) is 0.151. The molecule has 1 aliphatic carbocycles. The summed E-state index contributed by atoms with van der Waals surface area (Å²) in [6.45, 7) is 2.82. The monoisotopic (exact) mass is 904 g/mol. The number of alkyl halides is 24. The Morgan fingerprint density at radius 1 is 0.579 bits per heavy atom. The van der Waals surface area contributed by atoms with E-state index in [1.165, 1.54) is 6.92 Å². The molecule has 0 heterocycles. The number of carbonyl (C=O) groups is 1. The lowest BCUT2D eigenvalue weighted by molar-refractivity contribution is -0.405. The first-order valence-corrected chi connectivity index (χ1v) is 15.5. The zero-order valence-corrected chi connectivity index (χ0v) is 28.9. The van der Waals surface area contributed by atoms with Crippen LogP contribution in [0.2, 0.25) is 0 Å². The van der Waals surface area contributed by atoms with E-state index in [0.717, 1.165) is 6.92 Å². The first kappa shape index (κ1) is 54.7. The Bertz CT molecular complexity index is 1240. The molecular weight excluding hydrogens is 872 g/mol. The van der Waals surface area contributed by atoms with Gasteiger partial charge in [0.1, 0.15) is 6.10 Å². The average molecular weight is 905 g/mol. The van der Waals surface area contributed by atoms with Crippen LogP contribution >= 0.6 is 0 Å². The molecule has 0 saturated heterocycles. The zero-order valence-electron chi connectivity index (χ0n) is 28.9. The minimum Gasteiger partial charge on any atom is -0.462 e. The van der Waals surface area contributed by atoms with Gasteiger partial charge in [0.2, 0.25) is 0 Å². The second kappa shape index (κ2) is 17.0. The van der Waals surface area contributed by atoms with Gasteiger partial charge >= 0.3 is 60.8 Å². The van der Waals surface area contributed by atoms with Crippen LogP contribution in [0.3, 0.4) is 0 Å². The predicted molar refractivity (Wildman–Crippen MR) is 141 cm³/mol. The molecule has 4 unspecified atom stereocenters. The Balaban J connectivity index is 0.00000132. The number of esters is 1. The fraction of sp³-hybridized carbons (Fsp3) is 0.964. The maximum absolute atomic E-state index is 13.3. The summed E-state index contributed by atoms with van der Waals surface area (Å²) in [5.41, 5.74) is -15.5. The molecule has 0 spiro atoms. The Labute approximate surface area is 305 Å². The highest BCUT2D eigenvalue weighted by Gasteiger charge is 2.82. The van der Waals surface area contributed by atoms with Crippen LogP contribution in [0, 0.1) is 17.3 Å². The molecule has 342 valence electrons. The number of ether oxygens (including phenoxy) is 2. The van der Waals surface area contributed by atoms with Gasteiger partial charge < -0.3 is 19.7 Å². The van der Waals surface area contributed by atoms with Crippen molar-refractivity contribution in [3.8, 4) is 0 Å². The number of halogens is 24. The highest BCUT2D eigenvalue weighted by atomic mass is 19.4. The molecule has 0 aliphatic heterocycles. The number of rotatable bonds is 12. The predicted octanol–water partition coefficient (Wildman–Crippen LogP) is 10.7. The van der Waals surface area contributed by atoms with Gasteiger partial charge in [0.05, 0.1) is 12.7 Å². The van der Waals surface area contributed by atoms with E-state index >= 15 is 0 Å². The minimum atomic E-state index is -6.83. The summed E-state index contributed by atoms with van der Waals surface area (Å²) in [5.74, 6) is -28.7. The Hall–Kier alpha value is -2.33. The fourth-order valence-electron chi connectivity index (χ4n) is 5.11. The molecule has 1 fully saturated rings. The van der Waals surface area contributed by atoms with E-state index < -0.39 is 140 Å². The van der Waals surface area contributed by atoms with E-state index in [0.29, 0.717) is 6.42 Å². The largest absolute Gasteiger partial charge is 0.462 e. The summed E-state index contributed by atoms with van der Waals surface area (Å²) >= 11 is 0. The van der Waals surface area contributed by atoms with E-state index in [2.05, 4.69) is 9.47 Å². The SMILES string of the molecule is CCC(C)(C(=O)OC1CC(C(O)(C(F)(F)F)C(F)(F)F)CC(C(O)(C(F)(F)F)C(F)(F)F)C1)C(F)(F)F.CCC(C)OCCC(F)(F)C(F)(F)C(F)(F)C(F)(F)F. The van der Waals surface area contributed by atoms with Crippen LogP contribution in [0.25, 0.3) is 0 Å².